The zero-order chi connectivity index (χ0) is 13.7. The van der Waals surface area contributed by atoms with Crippen LogP contribution in [-0.4, -0.2) is 5.84 Å². The zero-order valence-electron chi connectivity index (χ0n) is 11.7. The van der Waals surface area contributed by atoms with Gasteiger partial charge in [0.25, 0.3) is 0 Å². The molecule has 2 aromatic rings. The Morgan fingerprint density at radius 1 is 0.842 bits per heavy atom. The van der Waals surface area contributed by atoms with Crippen LogP contribution in [0.5, 0.6) is 0 Å². The van der Waals surface area contributed by atoms with Gasteiger partial charge in [0, 0.05) is 11.1 Å². The van der Waals surface area contributed by atoms with E-state index in [9.17, 15) is 0 Å². The zero-order valence-corrected chi connectivity index (χ0v) is 11.7. The monoisotopic (exact) mass is 252 g/mol. The number of nitrogens with one attached hydrogen (secondary N) is 1. The number of aliphatic imine (C=N–C) groups is 1. The van der Waals surface area contributed by atoms with Crippen molar-refractivity contribution in [2.45, 2.75) is 20.8 Å². The first kappa shape index (κ1) is 13.3. The van der Waals surface area contributed by atoms with Crippen molar-refractivity contribution < 1.29 is 0 Å². The topological polar surface area (TPSA) is 24.4 Å². The predicted octanol–water partition coefficient (Wildman–Crippen LogP) is 4.87. The van der Waals surface area contributed by atoms with E-state index in [1.165, 1.54) is 0 Å². The van der Waals surface area contributed by atoms with E-state index in [1.54, 1.807) is 0 Å². The quantitative estimate of drug-likeness (QED) is 0.598. The number of benzene rings is 2. The molecule has 0 spiro atoms. The normalized spacial score (nSPS) is 12.3. The van der Waals surface area contributed by atoms with Crippen LogP contribution < -0.4 is 5.32 Å². The average Bonchev–Trinajstić information content (AvgIpc) is 2.39. The van der Waals surface area contributed by atoms with Gasteiger partial charge in [-0.2, -0.15) is 0 Å². The fraction of sp³-hybridized carbons (Fsp3) is 0.235. The van der Waals surface area contributed by atoms with E-state index in [2.05, 4.69) is 26.1 Å². The third-order valence-electron chi connectivity index (χ3n) is 2.74. The van der Waals surface area contributed by atoms with Crippen LogP contribution in [0.4, 0.5) is 11.4 Å². The number of hydrogen-bond donors (Lipinski definition) is 1. The van der Waals surface area contributed by atoms with E-state index < -0.39 is 0 Å². The lowest BCUT2D eigenvalue weighted by Gasteiger charge is -2.23. The summed E-state index contributed by atoms with van der Waals surface area (Å²) in [7, 11) is 0. The first-order chi connectivity index (χ1) is 9.05. The Balaban J connectivity index is 2.30. The van der Waals surface area contributed by atoms with E-state index >= 15 is 0 Å². The maximum absolute atomic E-state index is 4.73. The summed E-state index contributed by atoms with van der Waals surface area (Å²) in [6, 6.07) is 20.2. The van der Waals surface area contributed by atoms with Crippen molar-refractivity contribution in [3.8, 4) is 0 Å². The number of rotatable bonds is 2. The minimum atomic E-state index is -0.0360. The molecule has 0 amide bonds. The molecule has 0 atom stereocenters. The highest BCUT2D eigenvalue weighted by atomic mass is 15.0. The van der Waals surface area contributed by atoms with Crippen LogP contribution in [0.2, 0.25) is 0 Å². The smallest absolute Gasteiger partial charge is 0.112 e. The third-order valence-corrected chi connectivity index (χ3v) is 2.74. The number of para-hydroxylation sites is 2. The molecule has 0 saturated carbocycles. The molecule has 98 valence electrons. The molecule has 0 aromatic heterocycles. The maximum atomic E-state index is 4.73. The predicted molar refractivity (Wildman–Crippen MR) is 83.1 cm³/mol. The van der Waals surface area contributed by atoms with E-state index in [4.69, 9.17) is 4.99 Å². The Morgan fingerprint density at radius 3 is 1.89 bits per heavy atom. The molecule has 0 aliphatic rings. The lowest BCUT2D eigenvalue weighted by molar-refractivity contribution is 0.590. The first-order valence-corrected chi connectivity index (χ1v) is 6.52. The van der Waals surface area contributed by atoms with Crippen LogP contribution in [0.3, 0.4) is 0 Å². The fourth-order valence-electron chi connectivity index (χ4n) is 1.67. The van der Waals surface area contributed by atoms with Gasteiger partial charge in [-0.3, -0.25) is 0 Å². The Labute approximate surface area is 115 Å². The van der Waals surface area contributed by atoms with E-state index in [0.717, 1.165) is 17.2 Å². The minimum Gasteiger partial charge on any atom is -0.343 e. The van der Waals surface area contributed by atoms with Crippen LogP contribution in [0.1, 0.15) is 20.8 Å². The Kier molecular flexibility index (Phi) is 4.00. The molecule has 2 heteroatoms. The van der Waals surface area contributed by atoms with Crippen LogP contribution in [-0.2, 0) is 0 Å². The van der Waals surface area contributed by atoms with Crippen molar-refractivity contribution >= 4 is 17.2 Å². The van der Waals surface area contributed by atoms with Gasteiger partial charge in [0.15, 0.2) is 0 Å². The Hall–Kier alpha value is -2.09. The summed E-state index contributed by atoms with van der Waals surface area (Å²) in [5, 5.41) is 3.42. The summed E-state index contributed by atoms with van der Waals surface area (Å²) >= 11 is 0. The van der Waals surface area contributed by atoms with Gasteiger partial charge in [-0.25, -0.2) is 4.99 Å². The number of anilines is 1. The molecule has 0 saturated heterocycles. The van der Waals surface area contributed by atoms with Gasteiger partial charge < -0.3 is 5.32 Å². The molecule has 0 fully saturated rings. The van der Waals surface area contributed by atoms with Crippen LogP contribution in [0.25, 0.3) is 0 Å². The first-order valence-electron chi connectivity index (χ1n) is 6.52. The second-order valence-electron chi connectivity index (χ2n) is 5.54. The third kappa shape index (κ3) is 3.95. The summed E-state index contributed by atoms with van der Waals surface area (Å²) in [5.41, 5.74) is 1.99. The fourth-order valence-corrected chi connectivity index (χ4v) is 1.67. The minimum absolute atomic E-state index is 0.0360. The molecule has 2 nitrogen and oxygen atoms in total. The largest absolute Gasteiger partial charge is 0.343 e. The lowest BCUT2D eigenvalue weighted by Crippen LogP contribution is -2.27. The van der Waals surface area contributed by atoms with Gasteiger partial charge in [-0.1, -0.05) is 57.2 Å². The van der Waals surface area contributed by atoms with Crippen LogP contribution in [0.15, 0.2) is 65.7 Å². The lowest BCUT2D eigenvalue weighted by atomic mass is 9.94. The number of amidine groups is 1. The second-order valence-corrected chi connectivity index (χ2v) is 5.54. The highest BCUT2D eigenvalue weighted by Gasteiger charge is 2.19. The second kappa shape index (κ2) is 5.70. The molecule has 0 aliphatic heterocycles. The van der Waals surface area contributed by atoms with E-state index in [0.29, 0.717) is 0 Å². The van der Waals surface area contributed by atoms with Gasteiger partial charge in [0.05, 0.1) is 5.69 Å². The number of nitrogens with zero attached hydrogens (tertiary/aromatic N) is 1. The van der Waals surface area contributed by atoms with Crippen molar-refractivity contribution in [3.05, 3.63) is 60.7 Å². The molecule has 0 radical (unpaired) electrons. The van der Waals surface area contributed by atoms with Gasteiger partial charge in [-0.15, -0.1) is 0 Å². The summed E-state index contributed by atoms with van der Waals surface area (Å²) in [6.45, 7) is 6.47. The summed E-state index contributed by atoms with van der Waals surface area (Å²) in [4.78, 5) is 4.73. The van der Waals surface area contributed by atoms with Crippen molar-refractivity contribution in [2.75, 3.05) is 5.32 Å². The van der Waals surface area contributed by atoms with Gasteiger partial charge in [-0.05, 0) is 24.3 Å². The summed E-state index contributed by atoms with van der Waals surface area (Å²) in [6.07, 6.45) is 0. The Morgan fingerprint density at radius 2 is 1.37 bits per heavy atom. The van der Waals surface area contributed by atoms with Gasteiger partial charge >= 0.3 is 0 Å². The summed E-state index contributed by atoms with van der Waals surface area (Å²) < 4.78 is 0. The molecule has 1 N–H and O–H groups in total. The molecule has 0 unspecified atom stereocenters. The molecule has 0 heterocycles. The molecule has 2 aromatic carbocycles. The van der Waals surface area contributed by atoms with Crippen molar-refractivity contribution in [2.24, 2.45) is 10.4 Å². The van der Waals surface area contributed by atoms with Crippen LogP contribution in [0, 0.1) is 5.41 Å². The Bertz CT molecular complexity index is 536. The average molecular weight is 252 g/mol. The van der Waals surface area contributed by atoms with E-state index in [-0.39, 0.29) is 5.41 Å². The van der Waals surface area contributed by atoms with Gasteiger partial charge in [0.1, 0.15) is 5.84 Å². The van der Waals surface area contributed by atoms with Crippen LogP contribution >= 0.6 is 0 Å². The molecule has 2 rings (SSSR count). The van der Waals surface area contributed by atoms with Gasteiger partial charge in [0.2, 0.25) is 0 Å². The summed E-state index contributed by atoms with van der Waals surface area (Å²) in [5.74, 6) is 0.963. The van der Waals surface area contributed by atoms with E-state index in [1.807, 2.05) is 60.7 Å². The molecule has 0 aliphatic carbocycles. The molecular weight excluding hydrogens is 232 g/mol. The van der Waals surface area contributed by atoms with Crippen molar-refractivity contribution in [1.82, 2.24) is 0 Å². The van der Waals surface area contributed by atoms with Crippen molar-refractivity contribution in [1.29, 1.82) is 0 Å². The SMILES string of the molecule is CC(C)(C)C(=Nc1ccccc1)Nc1ccccc1. The van der Waals surface area contributed by atoms with Crippen molar-refractivity contribution in [3.63, 3.8) is 0 Å². The molecule has 19 heavy (non-hydrogen) atoms. The molecular formula is C17H20N2. The molecule has 0 bridgehead atoms. The maximum Gasteiger partial charge on any atom is 0.112 e. The standard InChI is InChI=1S/C17H20N2/c1-17(2,3)16(18-14-10-6-4-7-11-14)19-15-12-8-5-9-13-15/h4-13H,1-3H3,(H,18,19). The number of hydrogen-bond acceptors (Lipinski definition) is 1. The highest BCUT2D eigenvalue weighted by Crippen LogP contribution is 2.22. The highest BCUT2D eigenvalue weighted by molar-refractivity contribution is 6.00.